The largest absolute Gasteiger partial charge is 0.308 e. The molecule has 0 amide bonds. The average Bonchev–Trinajstić information content (AvgIpc) is 2.37. The maximum Gasteiger partial charge on any atom is 0.128 e. The van der Waals surface area contributed by atoms with Gasteiger partial charge in [0.05, 0.1) is 16.8 Å². The molecule has 1 aromatic heterocycles. The Labute approximate surface area is 111 Å². The number of benzene rings is 1. The first kappa shape index (κ1) is 13.0. The zero-order chi connectivity index (χ0) is 13.1. The van der Waals surface area contributed by atoms with Gasteiger partial charge in [-0.15, -0.1) is 0 Å². The maximum atomic E-state index is 13.9. The third-order valence-corrected chi connectivity index (χ3v) is 3.02. The second-order valence-corrected chi connectivity index (χ2v) is 4.58. The third-order valence-electron chi connectivity index (χ3n) is 2.80. The number of nitrogens with one attached hydrogen (secondary N) is 1. The van der Waals surface area contributed by atoms with E-state index in [2.05, 4.69) is 10.3 Å². The fourth-order valence-electron chi connectivity index (χ4n) is 1.91. The van der Waals surface area contributed by atoms with Crippen molar-refractivity contribution in [3.05, 3.63) is 64.2 Å². The summed E-state index contributed by atoms with van der Waals surface area (Å²) in [6, 6.07) is 8.33. The Morgan fingerprint density at radius 1 is 1.28 bits per heavy atom. The lowest BCUT2D eigenvalue weighted by atomic mass is 10.0. The molecule has 0 radical (unpaired) electrons. The molecular weight excluding hydrogens is 251 g/mol. The number of halogens is 2. The molecule has 1 N–H and O–H groups in total. The quantitative estimate of drug-likeness (QED) is 0.918. The standard InChI is InChI=1S/C14H14ClFN2/c1-9-3-5-12(16)11(7-9)14(17-2)13-6-4-10(15)8-18-13/h3-8,14,17H,1-2H3. The number of rotatable bonds is 3. The van der Waals surface area contributed by atoms with E-state index in [-0.39, 0.29) is 11.9 Å². The molecule has 0 aliphatic rings. The number of aryl methyl sites for hydroxylation is 1. The minimum Gasteiger partial charge on any atom is -0.308 e. The van der Waals surface area contributed by atoms with E-state index in [0.717, 1.165) is 11.3 Å². The number of pyridine rings is 1. The van der Waals surface area contributed by atoms with Crippen molar-refractivity contribution in [2.75, 3.05) is 7.05 Å². The second-order valence-electron chi connectivity index (χ2n) is 4.15. The molecule has 18 heavy (non-hydrogen) atoms. The minimum atomic E-state index is -0.276. The fraction of sp³-hybridized carbons (Fsp3) is 0.214. The van der Waals surface area contributed by atoms with Gasteiger partial charge in [-0.2, -0.15) is 0 Å². The molecule has 4 heteroatoms. The Kier molecular flexibility index (Phi) is 3.94. The average molecular weight is 265 g/mol. The van der Waals surface area contributed by atoms with Crippen molar-refractivity contribution < 1.29 is 4.39 Å². The van der Waals surface area contributed by atoms with E-state index in [4.69, 9.17) is 11.6 Å². The summed E-state index contributed by atoms with van der Waals surface area (Å²) in [5.74, 6) is -0.239. The Bertz CT molecular complexity index is 540. The van der Waals surface area contributed by atoms with Crippen LogP contribution in [0.5, 0.6) is 0 Å². The van der Waals surface area contributed by atoms with Gasteiger partial charge in [0, 0.05) is 11.8 Å². The van der Waals surface area contributed by atoms with E-state index in [1.807, 2.05) is 13.0 Å². The predicted octanol–water partition coefficient (Wildman–Crippen LogP) is 3.49. The zero-order valence-electron chi connectivity index (χ0n) is 10.2. The van der Waals surface area contributed by atoms with Crippen molar-refractivity contribution in [1.82, 2.24) is 10.3 Å². The van der Waals surface area contributed by atoms with Crippen LogP contribution in [0.1, 0.15) is 22.9 Å². The van der Waals surface area contributed by atoms with Crippen LogP contribution in [0.15, 0.2) is 36.5 Å². The molecule has 1 aromatic carbocycles. The van der Waals surface area contributed by atoms with Crippen molar-refractivity contribution in [3.8, 4) is 0 Å². The first-order valence-electron chi connectivity index (χ1n) is 5.66. The van der Waals surface area contributed by atoms with Crippen LogP contribution in [0.4, 0.5) is 4.39 Å². The van der Waals surface area contributed by atoms with Crippen LogP contribution in [-0.2, 0) is 0 Å². The molecule has 2 aromatic rings. The first-order valence-corrected chi connectivity index (χ1v) is 6.04. The highest BCUT2D eigenvalue weighted by molar-refractivity contribution is 6.30. The third kappa shape index (κ3) is 2.68. The first-order chi connectivity index (χ1) is 8.61. The highest BCUT2D eigenvalue weighted by Gasteiger charge is 2.17. The Morgan fingerprint density at radius 2 is 2.06 bits per heavy atom. The van der Waals surface area contributed by atoms with Gasteiger partial charge in [-0.3, -0.25) is 4.98 Å². The highest BCUT2D eigenvalue weighted by Crippen LogP contribution is 2.24. The van der Waals surface area contributed by atoms with Crippen LogP contribution in [0.2, 0.25) is 5.02 Å². The lowest BCUT2D eigenvalue weighted by molar-refractivity contribution is 0.570. The van der Waals surface area contributed by atoms with Gasteiger partial charge in [0.15, 0.2) is 0 Å². The second kappa shape index (κ2) is 5.46. The summed E-state index contributed by atoms with van der Waals surface area (Å²) in [7, 11) is 1.78. The summed E-state index contributed by atoms with van der Waals surface area (Å²) < 4.78 is 13.9. The predicted molar refractivity (Wildman–Crippen MR) is 71.3 cm³/mol. The smallest absolute Gasteiger partial charge is 0.128 e. The van der Waals surface area contributed by atoms with Gasteiger partial charge in [0.25, 0.3) is 0 Å². The number of hydrogen-bond donors (Lipinski definition) is 1. The molecule has 1 heterocycles. The van der Waals surface area contributed by atoms with E-state index in [1.165, 1.54) is 6.07 Å². The molecule has 2 rings (SSSR count). The van der Waals surface area contributed by atoms with Crippen molar-refractivity contribution in [2.45, 2.75) is 13.0 Å². The van der Waals surface area contributed by atoms with E-state index in [9.17, 15) is 4.39 Å². The minimum absolute atomic E-state index is 0.239. The summed E-state index contributed by atoms with van der Waals surface area (Å²) in [6.45, 7) is 1.94. The van der Waals surface area contributed by atoms with Gasteiger partial charge in [-0.25, -0.2) is 4.39 Å². The number of aromatic nitrogens is 1. The van der Waals surface area contributed by atoms with Crippen molar-refractivity contribution >= 4 is 11.6 Å². The van der Waals surface area contributed by atoms with Crippen molar-refractivity contribution in [2.24, 2.45) is 0 Å². The van der Waals surface area contributed by atoms with Gasteiger partial charge in [0.2, 0.25) is 0 Å². The van der Waals surface area contributed by atoms with Gasteiger partial charge < -0.3 is 5.32 Å². The van der Waals surface area contributed by atoms with Crippen LogP contribution in [0, 0.1) is 12.7 Å². The molecule has 0 saturated heterocycles. The molecule has 0 aliphatic heterocycles. The molecular formula is C14H14ClFN2. The molecule has 1 unspecified atom stereocenters. The van der Waals surface area contributed by atoms with E-state index >= 15 is 0 Å². The summed E-state index contributed by atoms with van der Waals surface area (Å²) in [5.41, 5.74) is 2.35. The molecule has 1 atom stereocenters. The van der Waals surface area contributed by atoms with E-state index in [0.29, 0.717) is 10.6 Å². The molecule has 0 aliphatic carbocycles. The molecule has 0 spiro atoms. The number of hydrogen-bond acceptors (Lipinski definition) is 2. The van der Waals surface area contributed by atoms with Crippen molar-refractivity contribution in [3.63, 3.8) is 0 Å². The lowest BCUT2D eigenvalue weighted by Crippen LogP contribution is -2.20. The summed E-state index contributed by atoms with van der Waals surface area (Å²) >= 11 is 5.81. The van der Waals surface area contributed by atoms with Gasteiger partial charge in [-0.1, -0.05) is 29.3 Å². The van der Waals surface area contributed by atoms with E-state index in [1.54, 1.807) is 31.4 Å². The Balaban J connectivity index is 2.44. The fourth-order valence-corrected chi connectivity index (χ4v) is 2.02. The van der Waals surface area contributed by atoms with Crippen molar-refractivity contribution in [1.29, 1.82) is 0 Å². The van der Waals surface area contributed by atoms with Gasteiger partial charge >= 0.3 is 0 Å². The zero-order valence-corrected chi connectivity index (χ0v) is 11.0. The van der Waals surface area contributed by atoms with Crippen LogP contribution in [-0.4, -0.2) is 12.0 Å². The normalized spacial score (nSPS) is 12.4. The molecule has 2 nitrogen and oxygen atoms in total. The van der Waals surface area contributed by atoms with Crippen LogP contribution < -0.4 is 5.32 Å². The molecule has 0 bridgehead atoms. The van der Waals surface area contributed by atoms with Crippen LogP contribution in [0.3, 0.4) is 0 Å². The summed E-state index contributed by atoms with van der Waals surface area (Å²) in [6.07, 6.45) is 1.56. The molecule has 94 valence electrons. The molecule has 0 saturated carbocycles. The van der Waals surface area contributed by atoms with Crippen LogP contribution in [0.25, 0.3) is 0 Å². The SMILES string of the molecule is CNC(c1ccc(Cl)cn1)c1cc(C)ccc1F. The topological polar surface area (TPSA) is 24.9 Å². The Hall–Kier alpha value is -1.45. The van der Waals surface area contributed by atoms with E-state index < -0.39 is 0 Å². The number of nitrogens with zero attached hydrogens (tertiary/aromatic N) is 1. The Morgan fingerprint density at radius 3 is 2.67 bits per heavy atom. The monoisotopic (exact) mass is 264 g/mol. The summed E-state index contributed by atoms with van der Waals surface area (Å²) in [4.78, 5) is 4.24. The molecule has 0 fully saturated rings. The summed E-state index contributed by atoms with van der Waals surface area (Å²) in [5, 5.41) is 3.64. The highest BCUT2D eigenvalue weighted by atomic mass is 35.5. The maximum absolute atomic E-state index is 13.9. The lowest BCUT2D eigenvalue weighted by Gasteiger charge is -2.17. The van der Waals surface area contributed by atoms with Gasteiger partial charge in [-0.05, 0) is 32.2 Å². The van der Waals surface area contributed by atoms with Crippen LogP contribution >= 0.6 is 11.6 Å². The van der Waals surface area contributed by atoms with Gasteiger partial charge in [0.1, 0.15) is 5.82 Å².